The van der Waals surface area contributed by atoms with Gasteiger partial charge in [0.2, 0.25) is 0 Å². The first-order valence-corrected chi connectivity index (χ1v) is 29.8. The Labute approximate surface area is 275 Å². The molecule has 3 fully saturated rings. The highest BCUT2D eigenvalue weighted by molar-refractivity contribution is 6.79. The molecule has 0 heterocycles. The largest absolute Gasteiger partial charge is 0.0693 e. The van der Waals surface area contributed by atoms with Crippen LogP contribution in [0.1, 0.15) is 123 Å². The van der Waals surface area contributed by atoms with E-state index in [0.29, 0.717) is 0 Å². The summed E-state index contributed by atoms with van der Waals surface area (Å²) in [4.78, 5) is 0. The fraction of sp³-hybridized carbons (Fsp3) is 1.00. The molecular formula is C39H90Si3. The van der Waals surface area contributed by atoms with Gasteiger partial charge in [0.1, 0.15) is 0 Å². The summed E-state index contributed by atoms with van der Waals surface area (Å²) in [7, 11) is -2.58. The molecule has 0 amide bonds. The summed E-state index contributed by atoms with van der Waals surface area (Å²) < 4.78 is 0. The molecule has 0 bridgehead atoms. The predicted octanol–water partition coefficient (Wildman–Crippen LogP) is 15.1. The zero-order valence-corrected chi connectivity index (χ0v) is 37.5. The molecule has 3 aliphatic carbocycles. The van der Waals surface area contributed by atoms with Crippen LogP contribution in [0.3, 0.4) is 0 Å². The molecule has 3 saturated carbocycles. The summed E-state index contributed by atoms with van der Waals surface area (Å²) in [5.41, 5.74) is 3.30. The third-order valence-electron chi connectivity index (χ3n) is 12.6. The highest BCUT2D eigenvalue weighted by atomic mass is 28.3. The Kier molecular flexibility index (Phi) is 23.2. The maximum absolute atomic E-state index is 2.55. The highest BCUT2D eigenvalue weighted by Crippen LogP contribution is 2.53. The maximum atomic E-state index is 2.55. The topological polar surface area (TPSA) is 0 Å². The third kappa shape index (κ3) is 14.0. The Morgan fingerprint density at radius 2 is 0.500 bits per heavy atom. The molecule has 6 atom stereocenters. The van der Waals surface area contributed by atoms with Gasteiger partial charge < -0.3 is 0 Å². The summed E-state index contributed by atoms with van der Waals surface area (Å²) in [6, 6.07) is 0. The van der Waals surface area contributed by atoms with E-state index >= 15 is 0 Å². The Morgan fingerprint density at radius 1 is 0.310 bits per heavy atom. The van der Waals surface area contributed by atoms with Crippen LogP contribution in [-0.2, 0) is 0 Å². The molecule has 0 aromatic rings. The highest BCUT2D eigenvalue weighted by Gasteiger charge is 2.47. The zero-order chi connectivity index (χ0) is 34.5. The van der Waals surface area contributed by atoms with Gasteiger partial charge >= 0.3 is 0 Å². The van der Waals surface area contributed by atoms with Crippen molar-refractivity contribution in [2.45, 2.75) is 199 Å². The Balaban J connectivity index is -0.000000501. The third-order valence-corrected chi connectivity index (χ3v) is 21.6. The molecule has 0 aromatic heterocycles. The predicted molar refractivity (Wildman–Crippen MR) is 212 cm³/mol. The second-order valence-electron chi connectivity index (χ2n) is 17.6. The first kappa shape index (κ1) is 47.1. The van der Waals surface area contributed by atoms with E-state index in [0.717, 1.165) is 69.9 Å². The van der Waals surface area contributed by atoms with Crippen LogP contribution < -0.4 is 0 Å². The summed E-state index contributed by atoms with van der Waals surface area (Å²) in [5, 5.41) is 0. The fourth-order valence-corrected chi connectivity index (χ4v) is 16.7. The average Bonchev–Trinajstić information content (AvgIpc) is 3.55. The van der Waals surface area contributed by atoms with Gasteiger partial charge in [-0.25, -0.2) is 0 Å². The fourth-order valence-electron chi connectivity index (χ4n) is 8.62. The van der Waals surface area contributed by atoms with E-state index in [4.69, 9.17) is 0 Å². The number of rotatable bonds is 3. The van der Waals surface area contributed by atoms with Crippen LogP contribution >= 0.6 is 0 Å². The van der Waals surface area contributed by atoms with Crippen LogP contribution in [-0.4, -0.2) is 24.2 Å². The van der Waals surface area contributed by atoms with E-state index in [1.807, 2.05) is 41.5 Å². The quantitative estimate of drug-likeness (QED) is 0.269. The van der Waals surface area contributed by atoms with Crippen molar-refractivity contribution in [3.05, 3.63) is 0 Å². The van der Waals surface area contributed by atoms with Crippen LogP contribution in [0.4, 0.5) is 0 Å². The summed E-state index contributed by atoms with van der Waals surface area (Å²) >= 11 is 0. The minimum absolute atomic E-state index is 0.823. The van der Waals surface area contributed by atoms with Gasteiger partial charge in [-0.05, 0) is 69.9 Å². The molecule has 258 valence electrons. The van der Waals surface area contributed by atoms with E-state index in [9.17, 15) is 0 Å². The van der Waals surface area contributed by atoms with Crippen molar-refractivity contribution in [1.82, 2.24) is 0 Å². The first-order valence-electron chi connectivity index (χ1n) is 19.0. The Bertz CT molecular complexity index is 573. The molecule has 0 nitrogen and oxygen atoms in total. The zero-order valence-electron chi connectivity index (χ0n) is 34.5. The Hall–Kier alpha value is 0.651. The van der Waals surface area contributed by atoms with Gasteiger partial charge in [0.25, 0.3) is 0 Å². The van der Waals surface area contributed by atoms with Crippen molar-refractivity contribution in [2.24, 2.45) is 53.3 Å². The van der Waals surface area contributed by atoms with E-state index in [1.54, 1.807) is 19.3 Å². The molecule has 0 spiro atoms. The Morgan fingerprint density at radius 3 is 0.619 bits per heavy atom. The normalized spacial score (nSPS) is 37.7. The lowest BCUT2D eigenvalue weighted by atomic mass is 9.92. The lowest BCUT2D eigenvalue weighted by Gasteiger charge is -2.33. The van der Waals surface area contributed by atoms with Crippen LogP contribution in [0.25, 0.3) is 0 Å². The van der Waals surface area contributed by atoms with Crippen molar-refractivity contribution >= 4 is 24.2 Å². The molecule has 42 heavy (non-hydrogen) atoms. The minimum atomic E-state index is -0.934. The van der Waals surface area contributed by atoms with Crippen molar-refractivity contribution in [3.63, 3.8) is 0 Å². The molecular weight excluding hydrogens is 553 g/mol. The minimum Gasteiger partial charge on any atom is -0.0693 e. The second-order valence-corrected chi connectivity index (χ2v) is 34.1. The van der Waals surface area contributed by atoms with Crippen LogP contribution in [0.5, 0.6) is 0 Å². The monoisotopic (exact) mass is 643 g/mol. The smallest absolute Gasteiger partial charge is 0.0479 e. The average molecular weight is 643 g/mol. The molecule has 3 aliphatic rings. The molecule has 0 N–H and O–H groups in total. The van der Waals surface area contributed by atoms with Crippen molar-refractivity contribution in [3.8, 4) is 0 Å². The van der Waals surface area contributed by atoms with Crippen LogP contribution in [0.15, 0.2) is 0 Å². The van der Waals surface area contributed by atoms with E-state index in [2.05, 4.69) is 121 Å². The van der Waals surface area contributed by atoms with Crippen LogP contribution in [0, 0.1) is 53.3 Å². The summed E-state index contributed by atoms with van der Waals surface area (Å²) in [6.45, 7) is 56.7. The van der Waals surface area contributed by atoms with E-state index < -0.39 is 24.2 Å². The SMILES string of the molecule is CC.CC.CC.CC1C(C)C(C)C(C)C1C.CC1C(C)C(C)C([Si](C)(C)C)C1C.C[Si](C)(C)C1CCC([Si](C)(C)C)C1. The van der Waals surface area contributed by atoms with E-state index in [1.165, 1.54) is 0 Å². The first-order chi connectivity index (χ1) is 19.0. The lowest BCUT2D eigenvalue weighted by Crippen LogP contribution is -2.33. The molecule has 6 unspecified atom stereocenters. The van der Waals surface area contributed by atoms with Gasteiger partial charge in [0.15, 0.2) is 0 Å². The molecule has 3 rings (SSSR count). The molecule has 3 heteroatoms. The van der Waals surface area contributed by atoms with Gasteiger partial charge in [0.05, 0.1) is 0 Å². The maximum Gasteiger partial charge on any atom is 0.0479 e. The summed E-state index contributed by atoms with van der Waals surface area (Å²) in [5.74, 6) is 8.46. The van der Waals surface area contributed by atoms with Gasteiger partial charge in [-0.1, -0.05) is 182 Å². The number of hydrogen-bond acceptors (Lipinski definition) is 0. The van der Waals surface area contributed by atoms with Gasteiger partial charge in [0, 0.05) is 24.2 Å². The van der Waals surface area contributed by atoms with Crippen molar-refractivity contribution in [2.75, 3.05) is 0 Å². The van der Waals surface area contributed by atoms with Gasteiger partial charge in [-0.3, -0.25) is 0 Å². The molecule has 0 aromatic carbocycles. The van der Waals surface area contributed by atoms with Crippen molar-refractivity contribution in [1.29, 1.82) is 0 Å². The molecule has 0 aliphatic heterocycles. The standard InChI is InChI=1S/C12H26Si.C11H26Si2.C10H20.3C2H6/c1-8-9(2)11(4)12(10(8)3)13(5,6)7;1-12(2,3)10-7-8-11(9-10)13(4,5)6;1-6-7(2)9(4)10(5)8(6)3;3*1-2/h8-12H,1-7H3;10-11H,7-9H2,1-6H3;6-10H,1-5H3;3*1-2H3. The second kappa shape index (κ2) is 20.7. The van der Waals surface area contributed by atoms with Gasteiger partial charge in [-0.15, -0.1) is 0 Å². The van der Waals surface area contributed by atoms with Gasteiger partial charge in [-0.2, -0.15) is 0 Å². The summed E-state index contributed by atoms with van der Waals surface area (Å²) in [6.07, 6.45) is 4.67. The lowest BCUT2D eigenvalue weighted by molar-refractivity contribution is 0.352. The molecule has 0 radical (unpaired) electrons. The number of hydrogen-bond donors (Lipinski definition) is 0. The van der Waals surface area contributed by atoms with Crippen molar-refractivity contribution < 1.29 is 0 Å². The van der Waals surface area contributed by atoms with Crippen LogP contribution in [0.2, 0.25) is 75.5 Å². The van der Waals surface area contributed by atoms with E-state index in [-0.39, 0.29) is 0 Å². The molecule has 0 saturated heterocycles.